The third-order valence-corrected chi connectivity index (χ3v) is 5.10. The monoisotopic (exact) mass is 373 g/mol. The SMILES string of the molecule is COc1ccc(OC)c(CN2CCCC(C(=O)c3cccc(Cl)c3)C2)c1. The lowest BCUT2D eigenvalue weighted by atomic mass is 9.90. The highest BCUT2D eigenvalue weighted by atomic mass is 35.5. The first kappa shape index (κ1) is 18.7. The van der Waals surface area contributed by atoms with Crippen molar-refractivity contribution in [3.8, 4) is 11.5 Å². The molecular weight excluding hydrogens is 350 g/mol. The first-order chi connectivity index (χ1) is 12.6. The molecule has 1 fully saturated rings. The molecule has 0 bridgehead atoms. The number of carbonyl (C=O) groups excluding carboxylic acids is 1. The average molecular weight is 374 g/mol. The zero-order chi connectivity index (χ0) is 18.5. The van der Waals surface area contributed by atoms with E-state index in [1.807, 2.05) is 30.3 Å². The van der Waals surface area contributed by atoms with Crippen molar-refractivity contribution in [1.82, 2.24) is 4.90 Å². The Morgan fingerprint density at radius 1 is 1.19 bits per heavy atom. The standard InChI is InChI=1S/C21H24ClNO3/c1-25-19-8-9-20(26-2)17(12-19)14-23-10-4-6-16(13-23)21(24)15-5-3-7-18(22)11-15/h3,5,7-9,11-12,16H,4,6,10,13-14H2,1-2H3. The van der Waals surface area contributed by atoms with Crippen molar-refractivity contribution in [2.75, 3.05) is 27.3 Å². The number of methoxy groups -OCH3 is 2. The van der Waals surface area contributed by atoms with E-state index in [1.54, 1.807) is 26.4 Å². The Bertz CT molecular complexity index is 778. The van der Waals surface area contributed by atoms with Crippen LogP contribution in [0.2, 0.25) is 5.02 Å². The molecule has 0 aliphatic carbocycles. The Hall–Kier alpha value is -2.04. The maximum absolute atomic E-state index is 12.8. The number of hydrogen-bond donors (Lipinski definition) is 0. The Labute approximate surface area is 159 Å². The average Bonchev–Trinajstić information content (AvgIpc) is 2.67. The number of carbonyl (C=O) groups is 1. The van der Waals surface area contributed by atoms with Crippen molar-refractivity contribution in [3.05, 3.63) is 58.6 Å². The minimum atomic E-state index is -0.00109. The molecule has 1 aliphatic rings. The molecule has 1 aliphatic heterocycles. The molecule has 138 valence electrons. The van der Waals surface area contributed by atoms with Gasteiger partial charge in [-0.3, -0.25) is 9.69 Å². The summed E-state index contributed by atoms with van der Waals surface area (Å²) in [7, 11) is 3.33. The van der Waals surface area contributed by atoms with E-state index < -0.39 is 0 Å². The largest absolute Gasteiger partial charge is 0.497 e. The predicted octanol–water partition coefficient (Wildman–Crippen LogP) is 4.45. The summed E-state index contributed by atoms with van der Waals surface area (Å²) in [5.74, 6) is 1.83. The number of ether oxygens (including phenoxy) is 2. The van der Waals surface area contributed by atoms with E-state index in [-0.39, 0.29) is 11.7 Å². The van der Waals surface area contributed by atoms with Gasteiger partial charge in [0.2, 0.25) is 0 Å². The quantitative estimate of drug-likeness (QED) is 0.701. The van der Waals surface area contributed by atoms with Gasteiger partial charge in [0, 0.05) is 35.2 Å². The van der Waals surface area contributed by atoms with E-state index in [0.717, 1.165) is 49.5 Å². The van der Waals surface area contributed by atoms with Crippen molar-refractivity contribution in [1.29, 1.82) is 0 Å². The second-order valence-corrected chi connectivity index (χ2v) is 7.06. The van der Waals surface area contributed by atoms with Crippen LogP contribution in [-0.4, -0.2) is 38.0 Å². The van der Waals surface area contributed by atoms with Gasteiger partial charge in [0.1, 0.15) is 11.5 Å². The van der Waals surface area contributed by atoms with Crippen LogP contribution >= 0.6 is 11.6 Å². The number of likely N-dealkylation sites (tertiary alicyclic amines) is 1. The summed E-state index contributed by atoms with van der Waals surface area (Å²) in [6, 6.07) is 13.0. The molecule has 2 aromatic rings. The third-order valence-electron chi connectivity index (χ3n) is 4.87. The third kappa shape index (κ3) is 4.37. The fourth-order valence-corrected chi connectivity index (χ4v) is 3.73. The first-order valence-corrected chi connectivity index (χ1v) is 9.21. The van der Waals surface area contributed by atoms with Gasteiger partial charge < -0.3 is 9.47 Å². The van der Waals surface area contributed by atoms with Crippen LogP contribution in [0, 0.1) is 5.92 Å². The summed E-state index contributed by atoms with van der Waals surface area (Å²) < 4.78 is 10.8. The summed E-state index contributed by atoms with van der Waals surface area (Å²) >= 11 is 6.04. The molecule has 1 saturated heterocycles. The van der Waals surface area contributed by atoms with Gasteiger partial charge in [0.05, 0.1) is 14.2 Å². The molecule has 0 radical (unpaired) electrons. The van der Waals surface area contributed by atoms with Crippen molar-refractivity contribution in [2.45, 2.75) is 19.4 Å². The molecule has 26 heavy (non-hydrogen) atoms. The lowest BCUT2D eigenvalue weighted by molar-refractivity contribution is 0.0810. The van der Waals surface area contributed by atoms with Crippen LogP contribution in [0.5, 0.6) is 11.5 Å². The summed E-state index contributed by atoms with van der Waals surface area (Å²) in [5, 5.41) is 0.602. The Balaban J connectivity index is 1.72. The summed E-state index contributed by atoms with van der Waals surface area (Å²) in [5.41, 5.74) is 1.77. The molecule has 4 nitrogen and oxygen atoms in total. The van der Waals surface area contributed by atoms with Crippen LogP contribution in [0.15, 0.2) is 42.5 Å². The number of rotatable bonds is 6. The number of ketones is 1. The maximum Gasteiger partial charge on any atom is 0.167 e. The van der Waals surface area contributed by atoms with E-state index in [0.29, 0.717) is 10.6 Å². The summed E-state index contributed by atoms with van der Waals surface area (Å²) in [4.78, 5) is 15.2. The normalized spacial score (nSPS) is 17.7. The molecule has 0 N–H and O–H groups in total. The second-order valence-electron chi connectivity index (χ2n) is 6.63. The highest BCUT2D eigenvalue weighted by molar-refractivity contribution is 6.31. The van der Waals surface area contributed by atoms with Crippen molar-refractivity contribution < 1.29 is 14.3 Å². The maximum atomic E-state index is 12.8. The van der Waals surface area contributed by atoms with Gasteiger partial charge in [-0.2, -0.15) is 0 Å². The number of benzene rings is 2. The predicted molar refractivity (Wildman–Crippen MR) is 103 cm³/mol. The zero-order valence-corrected chi connectivity index (χ0v) is 16.0. The molecule has 0 spiro atoms. The molecule has 1 heterocycles. The number of piperidine rings is 1. The van der Waals surface area contributed by atoms with Gasteiger partial charge in [-0.25, -0.2) is 0 Å². The first-order valence-electron chi connectivity index (χ1n) is 8.83. The number of halogens is 1. The molecule has 1 atom stereocenters. The van der Waals surface area contributed by atoms with Crippen LogP contribution < -0.4 is 9.47 Å². The van der Waals surface area contributed by atoms with Gasteiger partial charge >= 0.3 is 0 Å². The van der Waals surface area contributed by atoms with E-state index in [9.17, 15) is 4.79 Å². The van der Waals surface area contributed by atoms with Gasteiger partial charge in [-0.05, 0) is 49.7 Å². The number of Topliss-reactive ketones (excluding diaryl/α,β-unsaturated/α-hetero) is 1. The molecule has 0 amide bonds. The molecule has 0 saturated carbocycles. The zero-order valence-electron chi connectivity index (χ0n) is 15.2. The number of nitrogens with zero attached hydrogens (tertiary/aromatic N) is 1. The Morgan fingerprint density at radius 3 is 2.77 bits per heavy atom. The highest BCUT2D eigenvalue weighted by Gasteiger charge is 2.27. The molecule has 3 rings (SSSR count). The van der Waals surface area contributed by atoms with Crippen LogP contribution in [0.1, 0.15) is 28.8 Å². The minimum Gasteiger partial charge on any atom is -0.497 e. The van der Waals surface area contributed by atoms with Crippen molar-refractivity contribution in [2.24, 2.45) is 5.92 Å². The highest BCUT2D eigenvalue weighted by Crippen LogP contribution is 2.28. The van der Waals surface area contributed by atoms with Crippen LogP contribution in [-0.2, 0) is 6.54 Å². The smallest absolute Gasteiger partial charge is 0.167 e. The summed E-state index contributed by atoms with van der Waals surface area (Å²) in [6.07, 6.45) is 1.92. The Kier molecular flexibility index (Phi) is 6.17. The molecule has 5 heteroatoms. The summed E-state index contributed by atoms with van der Waals surface area (Å²) in [6.45, 7) is 2.45. The van der Waals surface area contributed by atoms with Gasteiger partial charge in [0.25, 0.3) is 0 Å². The van der Waals surface area contributed by atoms with Crippen LogP contribution in [0.25, 0.3) is 0 Å². The lowest BCUT2D eigenvalue weighted by Crippen LogP contribution is -2.38. The fourth-order valence-electron chi connectivity index (χ4n) is 3.54. The van der Waals surface area contributed by atoms with E-state index >= 15 is 0 Å². The second kappa shape index (κ2) is 8.56. The van der Waals surface area contributed by atoms with Crippen molar-refractivity contribution >= 4 is 17.4 Å². The minimum absolute atomic E-state index is 0.00109. The van der Waals surface area contributed by atoms with Gasteiger partial charge in [0.15, 0.2) is 5.78 Å². The van der Waals surface area contributed by atoms with E-state index in [4.69, 9.17) is 21.1 Å². The Morgan fingerprint density at radius 2 is 2.04 bits per heavy atom. The van der Waals surface area contributed by atoms with Gasteiger partial charge in [-0.1, -0.05) is 23.7 Å². The van der Waals surface area contributed by atoms with Crippen LogP contribution in [0.3, 0.4) is 0 Å². The van der Waals surface area contributed by atoms with Crippen molar-refractivity contribution in [3.63, 3.8) is 0 Å². The van der Waals surface area contributed by atoms with E-state index in [1.165, 1.54) is 0 Å². The van der Waals surface area contributed by atoms with E-state index in [2.05, 4.69) is 4.90 Å². The lowest BCUT2D eigenvalue weighted by Gasteiger charge is -2.32. The molecule has 0 aromatic heterocycles. The molecule has 2 aromatic carbocycles. The topological polar surface area (TPSA) is 38.8 Å². The van der Waals surface area contributed by atoms with Gasteiger partial charge in [-0.15, -0.1) is 0 Å². The molecular formula is C21H24ClNO3. The van der Waals surface area contributed by atoms with Crippen LogP contribution in [0.4, 0.5) is 0 Å². The molecule has 1 unspecified atom stereocenters. The number of hydrogen-bond acceptors (Lipinski definition) is 4. The fraction of sp³-hybridized carbons (Fsp3) is 0.381.